The molecule has 0 radical (unpaired) electrons. The van der Waals surface area contributed by atoms with E-state index in [0.717, 1.165) is 60.7 Å². The highest BCUT2D eigenvalue weighted by atomic mass is 16.6. The molecule has 1 aliphatic heterocycles. The molecule has 10 rings (SSSR count). The number of ether oxygens (including phenoxy) is 1. The lowest BCUT2D eigenvalue weighted by molar-refractivity contribution is -0.226. The fourth-order valence-corrected chi connectivity index (χ4v) is 16.7. The van der Waals surface area contributed by atoms with Crippen LogP contribution >= 0.6 is 0 Å². The van der Waals surface area contributed by atoms with Crippen LogP contribution in [0, 0.1) is 58.2 Å². The van der Waals surface area contributed by atoms with Crippen LogP contribution in [0.5, 0.6) is 0 Å². The third-order valence-electron chi connectivity index (χ3n) is 19.8. The predicted octanol–water partition coefficient (Wildman–Crippen LogP) is 11.3. The molecule has 2 aromatic heterocycles. The number of benzene rings is 1. The van der Waals surface area contributed by atoms with Crippen molar-refractivity contribution in [2.75, 3.05) is 0 Å². The first-order valence-electron chi connectivity index (χ1n) is 25.0. The number of fused-ring (bicyclic) bond motifs is 6. The molecule has 1 aromatic carbocycles. The molecule has 11 atom stereocenters. The summed E-state index contributed by atoms with van der Waals surface area (Å²) in [7, 11) is 0. The van der Waals surface area contributed by atoms with Gasteiger partial charge in [-0.15, -0.1) is 0 Å². The SMILES string of the molecule is Cc1cc(Cc2cn(CC3C4=C(C(C)CC(O)C5OC5(C)C)C(=O)CC4(C)C4(C)CCC5C(C)(CCC(=O)C5(C)C5CCCC5)C4C3O)c3cc[nH]c23)cc(C2CCCCC2)c1. The Morgan fingerprint density at radius 2 is 1.65 bits per heavy atom. The van der Waals surface area contributed by atoms with Gasteiger partial charge in [-0.1, -0.05) is 90.5 Å². The van der Waals surface area contributed by atoms with Crippen LogP contribution in [0.25, 0.3) is 11.0 Å². The van der Waals surface area contributed by atoms with Crippen LogP contribution in [0.1, 0.15) is 173 Å². The van der Waals surface area contributed by atoms with Gasteiger partial charge in [0, 0.05) is 54.9 Å². The number of aromatic nitrogens is 2. The number of epoxide rings is 1. The van der Waals surface area contributed by atoms with Crippen LogP contribution in [0.2, 0.25) is 0 Å². The zero-order valence-electron chi connectivity index (χ0n) is 39.2. The second-order valence-corrected chi connectivity index (χ2v) is 23.7. The number of carbonyl (C=O) groups excluding carboxylic acids is 2. The molecular weight excluding hydrogens is 769 g/mol. The Kier molecular flexibility index (Phi) is 10.4. The zero-order valence-corrected chi connectivity index (χ0v) is 39.2. The standard InChI is InChI=1S/C55H76N2O5/c1-32-24-34(27-36(25-32)35-14-10-9-11-15-35)28-37-30-57(40-20-23-56-47(37)40)31-39-46-45(33(2)26-41(58)50-51(3,4)62-50)42(59)29-54(46,7)53(6)22-18-43-52(5,49(53)48(39)61)21-19-44(60)55(43,8)38-16-12-13-17-38/h20,23-25,27,30,33,35,38-39,41,43,48-50,56,58,61H,9-19,21-22,26,28-29,31H2,1-8H3. The number of hydrogen-bond acceptors (Lipinski definition) is 5. The summed E-state index contributed by atoms with van der Waals surface area (Å²) in [6.45, 7) is 18.5. The number of hydrogen-bond donors (Lipinski definition) is 3. The van der Waals surface area contributed by atoms with Crippen molar-refractivity contribution in [2.24, 2.45) is 51.2 Å². The Morgan fingerprint density at radius 3 is 2.35 bits per heavy atom. The van der Waals surface area contributed by atoms with Gasteiger partial charge in [-0.05, 0) is 146 Å². The Balaban J connectivity index is 1.07. The van der Waals surface area contributed by atoms with Gasteiger partial charge in [0.1, 0.15) is 11.9 Å². The van der Waals surface area contributed by atoms with E-state index in [2.05, 4.69) is 87.8 Å². The van der Waals surface area contributed by atoms with Crippen LogP contribution in [0.3, 0.4) is 0 Å². The molecule has 3 heterocycles. The lowest BCUT2D eigenvalue weighted by atomic mass is 9.34. The summed E-state index contributed by atoms with van der Waals surface area (Å²) in [5.74, 6) is 1.35. The van der Waals surface area contributed by atoms with E-state index in [0.29, 0.717) is 43.4 Å². The van der Waals surface area contributed by atoms with Gasteiger partial charge in [-0.2, -0.15) is 0 Å². The third kappa shape index (κ3) is 6.41. The van der Waals surface area contributed by atoms with Gasteiger partial charge in [0.25, 0.3) is 0 Å². The number of aliphatic hydroxyl groups is 2. The van der Waals surface area contributed by atoms with Crippen molar-refractivity contribution in [3.8, 4) is 0 Å². The molecule has 7 nitrogen and oxygen atoms in total. The van der Waals surface area contributed by atoms with Crippen LogP contribution < -0.4 is 0 Å². The molecule has 5 saturated carbocycles. The molecule has 336 valence electrons. The summed E-state index contributed by atoms with van der Waals surface area (Å²) in [4.78, 5) is 32.9. The largest absolute Gasteiger partial charge is 0.392 e. The fourth-order valence-electron chi connectivity index (χ4n) is 16.7. The predicted molar refractivity (Wildman–Crippen MR) is 246 cm³/mol. The van der Waals surface area contributed by atoms with E-state index in [1.807, 2.05) is 13.8 Å². The highest BCUT2D eigenvalue weighted by Crippen LogP contribution is 2.76. The number of rotatable bonds is 10. The third-order valence-corrected chi connectivity index (χ3v) is 19.8. The number of aromatic amines is 1. The molecule has 3 aromatic rings. The number of H-pyrrole nitrogens is 1. The summed E-state index contributed by atoms with van der Waals surface area (Å²) >= 11 is 0. The molecule has 11 unspecified atom stereocenters. The highest BCUT2D eigenvalue weighted by molar-refractivity contribution is 6.01. The minimum absolute atomic E-state index is 0.0720. The van der Waals surface area contributed by atoms with Crippen LogP contribution in [-0.2, 0) is 27.3 Å². The number of aliphatic hydroxyl groups excluding tert-OH is 2. The Morgan fingerprint density at radius 1 is 0.935 bits per heavy atom. The van der Waals surface area contributed by atoms with Crippen molar-refractivity contribution in [1.29, 1.82) is 0 Å². The van der Waals surface area contributed by atoms with Crippen molar-refractivity contribution in [1.82, 2.24) is 9.55 Å². The number of nitrogens with one attached hydrogen (secondary N) is 1. The molecular formula is C55H76N2O5. The van der Waals surface area contributed by atoms with Gasteiger partial charge in [-0.25, -0.2) is 0 Å². The highest BCUT2D eigenvalue weighted by Gasteiger charge is 2.73. The van der Waals surface area contributed by atoms with E-state index in [1.54, 1.807) is 0 Å². The summed E-state index contributed by atoms with van der Waals surface area (Å²) in [5.41, 5.74) is 7.90. The first-order valence-corrected chi connectivity index (χ1v) is 25.0. The average molecular weight is 845 g/mol. The van der Waals surface area contributed by atoms with E-state index < -0.39 is 17.6 Å². The smallest absolute Gasteiger partial charge is 0.160 e. The number of aryl methyl sites for hydroxylation is 1. The molecule has 0 amide bonds. The maximum atomic E-state index is 14.9. The van der Waals surface area contributed by atoms with Gasteiger partial charge in [0.05, 0.1) is 28.8 Å². The van der Waals surface area contributed by atoms with E-state index in [4.69, 9.17) is 4.74 Å². The van der Waals surface area contributed by atoms with Gasteiger partial charge in [0.15, 0.2) is 5.78 Å². The summed E-state index contributed by atoms with van der Waals surface area (Å²) < 4.78 is 8.30. The molecule has 62 heavy (non-hydrogen) atoms. The first-order chi connectivity index (χ1) is 29.4. The summed E-state index contributed by atoms with van der Waals surface area (Å²) in [6.07, 6.45) is 18.9. The Labute approximate surface area is 371 Å². The number of carbonyl (C=O) groups is 2. The maximum Gasteiger partial charge on any atom is 0.160 e. The quantitative estimate of drug-likeness (QED) is 0.176. The van der Waals surface area contributed by atoms with Crippen LogP contribution in [0.15, 0.2) is 47.8 Å². The molecule has 0 bridgehead atoms. The van der Waals surface area contributed by atoms with Gasteiger partial charge >= 0.3 is 0 Å². The second kappa shape index (κ2) is 15.0. The van der Waals surface area contributed by atoms with E-state index >= 15 is 0 Å². The molecule has 3 N–H and O–H groups in total. The van der Waals surface area contributed by atoms with Crippen LogP contribution in [0.4, 0.5) is 0 Å². The molecule has 0 spiro atoms. The minimum Gasteiger partial charge on any atom is -0.392 e. The van der Waals surface area contributed by atoms with Crippen molar-refractivity contribution in [3.63, 3.8) is 0 Å². The number of ketones is 2. The van der Waals surface area contributed by atoms with Crippen molar-refractivity contribution >= 4 is 22.6 Å². The van der Waals surface area contributed by atoms with Crippen LogP contribution in [-0.4, -0.2) is 55.2 Å². The number of nitrogens with zero attached hydrogens (tertiary/aromatic N) is 1. The van der Waals surface area contributed by atoms with Crippen molar-refractivity contribution < 1.29 is 24.5 Å². The summed E-state index contributed by atoms with van der Waals surface area (Å²) in [6, 6.07) is 9.41. The first kappa shape index (κ1) is 42.9. The lowest BCUT2D eigenvalue weighted by Gasteiger charge is -2.70. The second-order valence-electron chi connectivity index (χ2n) is 23.7. The number of allylic oxidation sites excluding steroid dienone is 1. The molecule has 6 aliphatic carbocycles. The molecule has 7 heteroatoms. The van der Waals surface area contributed by atoms with E-state index in [9.17, 15) is 19.8 Å². The number of Topliss-reactive ketones (excluding diaryl/α,β-unsaturated/α-hetero) is 2. The van der Waals surface area contributed by atoms with Crippen molar-refractivity contribution in [3.05, 3.63) is 70.1 Å². The van der Waals surface area contributed by atoms with Gasteiger partial charge < -0.3 is 24.5 Å². The normalized spacial score (nSPS) is 38.3. The van der Waals surface area contributed by atoms with Gasteiger partial charge in [-0.3, -0.25) is 9.59 Å². The van der Waals surface area contributed by atoms with Gasteiger partial charge in [0.2, 0.25) is 0 Å². The minimum atomic E-state index is -0.699. The lowest BCUT2D eigenvalue weighted by Crippen LogP contribution is -2.68. The molecule has 1 saturated heterocycles. The molecule has 7 aliphatic rings. The van der Waals surface area contributed by atoms with E-state index in [-0.39, 0.29) is 57.4 Å². The zero-order chi connectivity index (χ0) is 43.7. The Bertz CT molecular complexity index is 2290. The maximum absolute atomic E-state index is 14.9. The summed E-state index contributed by atoms with van der Waals surface area (Å²) in [5, 5.41) is 25.1. The topological polar surface area (TPSA) is 108 Å². The molecule has 6 fully saturated rings. The fraction of sp³-hybridized carbons (Fsp3) is 0.709. The average Bonchev–Trinajstić information content (AvgIpc) is 3.80. The van der Waals surface area contributed by atoms with Crippen molar-refractivity contribution in [2.45, 2.75) is 194 Å². The monoisotopic (exact) mass is 845 g/mol. The Hall–Kier alpha value is -3.00. The van der Waals surface area contributed by atoms with E-state index in [1.165, 1.54) is 67.2 Å².